The van der Waals surface area contributed by atoms with Crippen molar-refractivity contribution in [2.75, 3.05) is 5.75 Å². The maximum absolute atomic E-state index is 12.8. The average Bonchev–Trinajstić information content (AvgIpc) is 2.71. The van der Waals surface area contributed by atoms with Crippen LogP contribution in [-0.2, 0) is 7.05 Å². The largest absolute Gasteiger partial charge is 0.504 e. The first kappa shape index (κ1) is 25.5. The molecule has 0 fully saturated rings. The summed E-state index contributed by atoms with van der Waals surface area (Å²) in [7, 11) is 1.66. The molecule has 0 bridgehead atoms. The van der Waals surface area contributed by atoms with Gasteiger partial charge in [0.1, 0.15) is 0 Å². The zero-order valence-corrected chi connectivity index (χ0v) is 20.9. The number of rotatable bonds is 13. The second-order valence-corrected chi connectivity index (χ2v) is 9.85. The Balaban J connectivity index is 1.93. The van der Waals surface area contributed by atoms with Crippen LogP contribution >= 0.6 is 11.8 Å². The molecule has 172 valence electrons. The van der Waals surface area contributed by atoms with Gasteiger partial charge < -0.3 is 5.11 Å². The van der Waals surface area contributed by atoms with E-state index in [0.29, 0.717) is 10.6 Å². The Bertz CT molecular complexity index is 882. The minimum atomic E-state index is -0.254. The molecule has 0 saturated heterocycles. The fourth-order valence-corrected chi connectivity index (χ4v) is 5.22. The second-order valence-electron chi connectivity index (χ2n) is 8.76. The van der Waals surface area contributed by atoms with Crippen LogP contribution in [0.4, 0.5) is 0 Å². The van der Waals surface area contributed by atoms with Crippen molar-refractivity contribution in [3.63, 3.8) is 0 Å². The Labute approximate surface area is 192 Å². The Morgan fingerprint density at radius 1 is 0.871 bits per heavy atom. The molecular formula is C26H40N2O2S. The molecule has 4 nitrogen and oxygen atoms in total. The summed E-state index contributed by atoms with van der Waals surface area (Å²) in [6.45, 7) is 8.28. The Kier molecular flexibility index (Phi) is 10.7. The van der Waals surface area contributed by atoms with Crippen molar-refractivity contribution in [1.82, 2.24) is 9.78 Å². The summed E-state index contributed by atoms with van der Waals surface area (Å²) in [6.07, 6.45) is 13.0. The second kappa shape index (κ2) is 12.9. The molecule has 1 N–H and O–H groups in total. The van der Waals surface area contributed by atoms with E-state index in [-0.39, 0.29) is 11.3 Å². The number of aryl methyl sites for hydroxylation is 4. The average molecular weight is 445 g/mol. The van der Waals surface area contributed by atoms with Gasteiger partial charge in [-0.1, -0.05) is 82.4 Å². The van der Waals surface area contributed by atoms with Gasteiger partial charge in [-0.3, -0.25) is 4.79 Å². The van der Waals surface area contributed by atoms with Crippen molar-refractivity contribution in [2.45, 2.75) is 96.9 Å². The highest BCUT2D eigenvalue weighted by atomic mass is 32.2. The van der Waals surface area contributed by atoms with Crippen LogP contribution in [0.25, 0.3) is 11.1 Å². The molecule has 0 aliphatic carbocycles. The van der Waals surface area contributed by atoms with Crippen molar-refractivity contribution in [1.29, 1.82) is 0 Å². The highest BCUT2D eigenvalue weighted by Gasteiger charge is 2.20. The zero-order chi connectivity index (χ0) is 22.8. The third-order valence-electron chi connectivity index (χ3n) is 5.85. The number of thioether (sulfide) groups is 1. The lowest BCUT2D eigenvalue weighted by Crippen LogP contribution is -2.22. The molecule has 0 unspecified atom stereocenters. The van der Waals surface area contributed by atoms with Crippen molar-refractivity contribution in [3.8, 4) is 16.9 Å². The van der Waals surface area contributed by atoms with Gasteiger partial charge >= 0.3 is 0 Å². The number of hydrogen-bond donors (Lipinski definition) is 1. The summed E-state index contributed by atoms with van der Waals surface area (Å²) in [5.41, 5.74) is 4.10. The predicted octanol–water partition coefficient (Wildman–Crippen LogP) is 7.09. The van der Waals surface area contributed by atoms with Gasteiger partial charge in [-0.15, -0.1) is 11.8 Å². The molecule has 2 aromatic rings. The van der Waals surface area contributed by atoms with E-state index in [1.165, 1.54) is 62.5 Å². The van der Waals surface area contributed by atoms with Crippen LogP contribution in [0, 0.1) is 20.8 Å². The number of aromatic nitrogens is 2. The molecule has 0 spiro atoms. The molecule has 5 heteroatoms. The lowest BCUT2D eigenvalue weighted by Gasteiger charge is -2.15. The van der Waals surface area contributed by atoms with Gasteiger partial charge in [-0.05, 0) is 49.6 Å². The van der Waals surface area contributed by atoms with E-state index >= 15 is 0 Å². The monoisotopic (exact) mass is 444 g/mol. The van der Waals surface area contributed by atoms with Gasteiger partial charge in [0, 0.05) is 7.05 Å². The molecule has 31 heavy (non-hydrogen) atoms. The van der Waals surface area contributed by atoms with Crippen molar-refractivity contribution < 1.29 is 5.11 Å². The molecule has 0 amide bonds. The summed E-state index contributed by atoms with van der Waals surface area (Å²) in [6, 6.07) is 4.11. The van der Waals surface area contributed by atoms with Crippen molar-refractivity contribution in [2.24, 2.45) is 7.05 Å². The van der Waals surface area contributed by atoms with E-state index in [1.54, 1.807) is 18.8 Å². The Morgan fingerprint density at radius 2 is 1.39 bits per heavy atom. The lowest BCUT2D eigenvalue weighted by molar-refractivity contribution is 0.446. The molecule has 0 aliphatic heterocycles. The topological polar surface area (TPSA) is 55.1 Å². The van der Waals surface area contributed by atoms with E-state index in [2.05, 4.69) is 24.2 Å². The van der Waals surface area contributed by atoms with Gasteiger partial charge in [0.25, 0.3) is 5.56 Å². The molecule has 0 radical (unpaired) electrons. The summed E-state index contributed by atoms with van der Waals surface area (Å²) in [4.78, 5) is 12.8. The number of nitrogens with zero attached hydrogens (tertiary/aromatic N) is 2. The van der Waals surface area contributed by atoms with Crippen LogP contribution in [0.5, 0.6) is 5.75 Å². The number of aromatic hydroxyl groups is 1. The van der Waals surface area contributed by atoms with E-state index < -0.39 is 0 Å². The number of unbranched alkanes of at least 4 members (excludes halogenated alkanes) is 9. The van der Waals surface area contributed by atoms with Gasteiger partial charge in [-0.25, -0.2) is 4.68 Å². The van der Waals surface area contributed by atoms with Crippen molar-refractivity contribution in [3.05, 3.63) is 39.2 Å². The van der Waals surface area contributed by atoms with E-state index in [4.69, 9.17) is 0 Å². The fourth-order valence-electron chi connectivity index (χ4n) is 4.25. The van der Waals surface area contributed by atoms with Crippen LogP contribution < -0.4 is 5.56 Å². The summed E-state index contributed by atoms with van der Waals surface area (Å²) >= 11 is 1.55. The summed E-state index contributed by atoms with van der Waals surface area (Å²) < 4.78 is 1.36. The molecule has 1 aromatic carbocycles. The minimum absolute atomic E-state index is 0.0234. The van der Waals surface area contributed by atoms with Crippen LogP contribution in [0.1, 0.15) is 87.8 Å². The molecule has 2 rings (SSSR count). The highest BCUT2D eigenvalue weighted by Crippen LogP contribution is 2.37. The number of hydrogen-bond acceptors (Lipinski definition) is 4. The van der Waals surface area contributed by atoms with Gasteiger partial charge in [0.15, 0.2) is 10.8 Å². The predicted molar refractivity (Wildman–Crippen MR) is 133 cm³/mol. The normalized spacial score (nSPS) is 11.3. The lowest BCUT2D eigenvalue weighted by atomic mass is 9.94. The van der Waals surface area contributed by atoms with Crippen molar-refractivity contribution >= 4 is 11.8 Å². The van der Waals surface area contributed by atoms with Crippen LogP contribution in [0.3, 0.4) is 0 Å². The van der Waals surface area contributed by atoms with E-state index in [1.807, 2.05) is 20.8 Å². The van der Waals surface area contributed by atoms with Gasteiger partial charge in [-0.2, -0.15) is 5.10 Å². The molecule has 0 atom stereocenters. The van der Waals surface area contributed by atoms with E-state index in [9.17, 15) is 9.90 Å². The quantitative estimate of drug-likeness (QED) is 0.265. The van der Waals surface area contributed by atoms with Crippen LogP contribution in [-0.4, -0.2) is 20.6 Å². The number of benzene rings is 1. The first-order valence-corrected chi connectivity index (χ1v) is 12.9. The van der Waals surface area contributed by atoms with Crippen LogP contribution in [0.15, 0.2) is 22.0 Å². The van der Waals surface area contributed by atoms with E-state index in [0.717, 1.165) is 34.4 Å². The smallest absolute Gasteiger partial charge is 0.278 e. The molecule has 1 aromatic heterocycles. The molecule has 1 heterocycles. The standard InChI is InChI=1S/C26H40N2O2S/c1-6-7-8-9-10-11-12-13-14-15-16-31-25-24(29)23(26(30)28(5)27-25)22-20(3)17-19(2)18-21(22)4/h17-18,29H,6-16H2,1-5H3. The third kappa shape index (κ3) is 7.41. The van der Waals surface area contributed by atoms with Crippen LogP contribution in [0.2, 0.25) is 0 Å². The fraction of sp³-hybridized carbons (Fsp3) is 0.615. The highest BCUT2D eigenvalue weighted by molar-refractivity contribution is 7.99. The molecule has 0 saturated carbocycles. The Hall–Kier alpha value is -1.75. The third-order valence-corrected chi connectivity index (χ3v) is 6.89. The zero-order valence-electron chi connectivity index (χ0n) is 20.1. The molecular weight excluding hydrogens is 404 g/mol. The minimum Gasteiger partial charge on any atom is -0.504 e. The Morgan fingerprint density at radius 3 is 1.94 bits per heavy atom. The maximum Gasteiger partial charge on any atom is 0.278 e. The first-order chi connectivity index (χ1) is 14.9. The first-order valence-electron chi connectivity index (χ1n) is 11.9. The maximum atomic E-state index is 12.8. The van der Waals surface area contributed by atoms with Gasteiger partial charge in [0.05, 0.1) is 5.56 Å². The summed E-state index contributed by atoms with van der Waals surface area (Å²) in [5.74, 6) is 0.927. The molecule has 0 aliphatic rings. The SMILES string of the molecule is CCCCCCCCCCCCSc1nn(C)c(=O)c(-c2c(C)cc(C)cc2C)c1O. The summed E-state index contributed by atoms with van der Waals surface area (Å²) in [5, 5.41) is 15.8. The van der Waals surface area contributed by atoms with Gasteiger partial charge in [0.2, 0.25) is 0 Å².